The Morgan fingerprint density at radius 1 is 1.67 bits per heavy atom. The average Bonchev–Trinajstić information content (AvgIpc) is 2.00. The molecule has 0 aromatic heterocycles. The molecule has 0 aromatic carbocycles. The summed E-state index contributed by atoms with van der Waals surface area (Å²) in [6.07, 6.45) is 0. The van der Waals surface area contributed by atoms with E-state index < -0.39 is 18.0 Å². The minimum absolute atomic E-state index is 0.141. The molecule has 12 heavy (non-hydrogen) atoms. The van der Waals surface area contributed by atoms with E-state index in [0.29, 0.717) is 0 Å². The molecule has 0 radical (unpaired) electrons. The minimum Gasteiger partial charge on any atom is -0.480 e. The Kier molecular flexibility index (Phi) is 4.23. The van der Waals surface area contributed by atoms with Crippen LogP contribution in [0.1, 0.15) is 6.92 Å². The highest BCUT2D eigenvalue weighted by molar-refractivity contribution is 5.82. The van der Waals surface area contributed by atoms with E-state index in [9.17, 15) is 9.59 Å². The van der Waals surface area contributed by atoms with Crippen LogP contribution in [0.15, 0.2) is 0 Å². The van der Waals surface area contributed by atoms with Crippen LogP contribution in [0, 0.1) is 11.3 Å². The van der Waals surface area contributed by atoms with E-state index >= 15 is 0 Å². The van der Waals surface area contributed by atoms with Crippen LogP contribution in [0.4, 0.5) is 4.79 Å². The number of carboxylic acids is 1. The molecular formula is C6H9N3O3. The van der Waals surface area contributed by atoms with Crippen LogP contribution in [0.3, 0.4) is 0 Å². The zero-order chi connectivity index (χ0) is 9.56. The molecule has 0 aromatic rings. The number of rotatable bonds is 3. The molecule has 6 nitrogen and oxygen atoms in total. The molecule has 0 aliphatic carbocycles. The van der Waals surface area contributed by atoms with Gasteiger partial charge in [-0.1, -0.05) is 0 Å². The van der Waals surface area contributed by atoms with Gasteiger partial charge in [-0.05, 0) is 6.92 Å². The Morgan fingerprint density at radius 3 is 2.67 bits per heavy atom. The molecule has 66 valence electrons. The number of nitriles is 1. The van der Waals surface area contributed by atoms with Gasteiger partial charge in [0, 0.05) is 0 Å². The number of nitrogens with one attached hydrogen (secondary N) is 2. The molecule has 2 amide bonds. The first kappa shape index (κ1) is 10.2. The second kappa shape index (κ2) is 4.96. The van der Waals surface area contributed by atoms with Crippen LogP contribution in [0.5, 0.6) is 0 Å². The molecule has 3 N–H and O–H groups in total. The highest BCUT2D eigenvalue weighted by Gasteiger charge is 2.12. The summed E-state index contributed by atoms with van der Waals surface area (Å²) in [6, 6.07) is 0.0661. The summed E-state index contributed by atoms with van der Waals surface area (Å²) >= 11 is 0. The number of urea groups is 1. The molecule has 0 bridgehead atoms. The van der Waals surface area contributed by atoms with Crippen molar-refractivity contribution in [2.45, 2.75) is 13.0 Å². The molecule has 1 atom stereocenters. The topological polar surface area (TPSA) is 102 Å². The lowest BCUT2D eigenvalue weighted by Gasteiger charge is -2.08. The molecule has 0 saturated heterocycles. The summed E-state index contributed by atoms with van der Waals surface area (Å²) in [5.74, 6) is -1.12. The fraction of sp³-hybridized carbons (Fsp3) is 0.500. The first-order valence-electron chi connectivity index (χ1n) is 3.22. The molecule has 0 aliphatic heterocycles. The normalized spacial score (nSPS) is 11.0. The van der Waals surface area contributed by atoms with Crippen LogP contribution in [0.25, 0.3) is 0 Å². The number of aliphatic carboxylic acids is 1. The van der Waals surface area contributed by atoms with Crippen molar-refractivity contribution in [2.24, 2.45) is 0 Å². The Morgan fingerprint density at radius 2 is 2.25 bits per heavy atom. The molecule has 0 saturated carbocycles. The zero-order valence-electron chi connectivity index (χ0n) is 6.50. The van der Waals surface area contributed by atoms with E-state index in [4.69, 9.17) is 10.4 Å². The number of hydrogen-bond donors (Lipinski definition) is 3. The van der Waals surface area contributed by atoms with Crippen LogP contribution in [-0.2, 0) is 4.79 Å². The molecule has 1 unspecified atom stereocenters. The minimum atomic E-state index is -1.12. The summed E-state index contributed by atoms with van der Waals surface area (Å²) in [4.78, 5) is 20.9. The maximum absolute atomic E-state index is 10.7. The number of hydrogen-bond acceptors (Lipinski definition) is 3. The SMILES string of the molecule is CC(NC(=O)NCC#N)C(=O)O. The maximum atomic E-state index is 10.7. The Bertz CT molecular complexity index is 221. The highest BCUT2D eigenvalue weighted by Crippen LogP contribution is 1.79. The number of nitrogens with zero attached hydrogens (tertiary/aromatic N) is 1. The lowest BCUT2D eigenvalue weighted by atomic mass is 10.3. The smallest absolute Gasteiger partial charge is 0.325 e. The van der Waals surface area contributed by atoms with Gasteiger partial charge in [0.25, 0.3) is 0 Å². The molecule has 0 aliphatic rings. The quantitative estimate of drug-likeness (QED) is 0.487. The van der Waals surface area contributed by atoms with Crippen molar-refractivity contribution in [2.75, 3.05) is 6.54 Å². The summed E-state index contributed by atoms with van der Waals surface area (Å²) in [6.45, 7) is 1.19. The fourth-order valence-electron chi connectivity index (χ4n) is 0.429. The predicted octanol–water partition coefficient (Wildman–Crippen LogP) is -0.718. The highest BCUT2D eigenvalue weighted by atomic mass is 16.4. The second-order valence-corrected chi connectivity index (χ2v) is 2.05. The van der Waals surface area contributed by atoms with Crippen LogP contribution in [-0.4, -0.2) is 29.7 Å². The summed E-state index contributed by atoms with van der Waals surface area (Å²) in [7, 11) is 0. The van der Waals surface area contributed by atoms with Crippen molar-refractivity contribution in [3.8, 4) is 6.07 Å². The van der Waals surface area contributed by atoms with Crippen LogP contribution >= 0.6 is 0 Å². The van der Waals surface area contributed by atoms with Gasteiger partial charge in [-0.3, -0.25) is 4.79 Å². The Hall–Kier alpha value is -1.77. The van der Waals surface area contributed by atoms with Crippen molar-refractivity contribution in [1.82, 2.24) is 10.6 Å². The Labute approximate surface area is 69.2 Å². The fourth-order valence-corrected chi connectivity index (χ4v) is 0.429. The number of carbonyl (C=O) groups is 2. The molecule has 0 fully saturated rings. The van der Waals surface area contributed by atoms with Crippen molar-refractivity contribution >= 4 is 12.0 Å². The molecule has 6 heteroatoms. The summed E-state index contributed by atoms with van der Waals surface area (Å²) in [5.41, 5.74) is 0. The van der Waals surface area contributed by atoms with Gasteiger partial charge in [-0.2, -0.15) is 5.26 Å². The number of carboxylic acid groups (broad SMARTS) is 1. The summed E-state index contributed by atoms with van der Waals surface area (Å²) in [5, 5.41) is 20.7. The van der Waals surface area contributed by atoms with Gasteiger partial charge in [-0.25, -0.2) is 4.79 Å². The van der Waals surface area contributed by atoms with E-state index in [1.807, 2.05) is 0 Å². The first-order chi connectivity index (χ1) is 5.57. The summed E-state index contributed by atoms with van der Waals surface area (Å²) < 4.78 is 0. The van der Waals surface area contributed by atoms with Crippen LogP contribution in [0.2, 0.25) is 0 Å². The van der Waals surface area contributed by atoms with E-state index in [1.54, 1.807) is 6.07 Å². The first-order valence-corrected chi connectivity index (χ1v) is 3.22. The van der Waals surface area contributed by atoms with E-state index in [-0.39, 0.29) is 6.54 Å². The van der Waals surface area contributed by atoms with Gasteiger partial charge < -0.3 is 15.7 Å². The van der Waals surface area contributed by atoms with E-state index in [1.165, 1.54) is 6.92 Å². The van der Waals surface area contributed by atoms with Gasteiger partial charge in [0.05, 0.1) is 6.07 Å². The number of amides is 2. The van der Waals surface area contributed by atoms with Gasteiger partial charge >= 0.3 is 12.0 Å². The third kappa shape index (κ3) is 4.11. The zero-order valence-corrected chi connectivity index (χ0v) is 6.50. The predicted molar refractivity (Wildman–Crippen MR) is 39.2 cm³/mol. The van der Waals surface area contributed by atoms with Crippen LogP contribution < -0.4 is 10.6 Å². The monoisotopic (exact) mass is 171 g/mol. The van der Waals surface area contributed by atoms with Gasteiger partial charge in [-0.15, -0.1) is 0 Å². The largest absolute Gasteiger partial charge is 0.480 e. The standard InChI is InChI=1S/C6H9N3O3/c1-4(5(10)11)9-6(12)8-3-2-7/h4H,3H2,1H3,(H,10,11)(H2,8,9,12). The third-order valence-corrected chi connectivity index (χ3v) is 1.05. The number of carbonyl (C=O) groups excluding carboxylic acids is 1. The molecule has 0 heterocycles. The lowest BCUT2D eigenvalue weighted by molar-refractivity contribution is -0.138. The maximum Gasteiger partial charge on any atom is 0.325 e. The van der Waals surface area contributed by atoms with E-state index in [0.717, 1.165) is 0 Å². The average molecular weight is 171 g/mol. The van der Waals surface area contributed by atoms with Crippen molar-refractivity contribution in [3.63, 3.8) is 0 Å². The van der Waals surface area contributed by atoms with Crippen molar-refractivity contribution in [1.29, 1.82) is 5.26 Å². The lowest BCUT2D eigenvalue weighted by Crippen LogP contribution is -2.44. The van der Waals surface area contributed by atoms with Crippen molar-refractivity contribution < 1.29 is 14.7 Å². The molecule has 0 rings (SSSR count). The third-order valence-electron chi connectivity index (χ3n) is 1.05. The Balaban J connectivity index is 3.71. The van der Waals surface area contributed by atoms with Gasteiger partial charge in [0.1, 0.15) is 12.6 Å². The van der Waals surface area contributed by atoms with Gasteiger partial charge in [0.2, 0.25) is 0 Å². The molecule has 0 spiro atoms. The molecular weight excluding hydrogens is 162 g/mol. The van der Waals surface area contributed by atoms with E-state index in [2.05, 4.69) is 10.6 Å². The second-order valence-electron chi connectivity index (χ2n) is 2.05. The van der Waals surface area contributed by atoms with Gasteiger partial charge in [0.15, 0.2) is 0 Å². The van der Waals surface area contributed by atoms with Crippen molar-refractivity contribution in [3.05, 3.63) is 0 Å².